The van der Waals surface area contributed by atoms with Crippen LogP contribution in [-0.4, -0.2) is 17.9 Å². The minimum atomic E-state index is -0.701. The normalized spacial score (nSPS) is 11.5. The largest absolute Gasteiger partial charge is 0.481 e. The highest BCUT2D eigenvalue weighted by Gasteiger charge is 2.17. The first-order chi connectivity index (χ1) is 10.1. The van der Waals surface area contributed by atoms with Crippen molar-refractivity contribution in [2.45, 2.75) is 13.0 Å². The van der Waals surface area contributed by atoms with E-state index in [2.05, 4.69) is 5.32 Å². The number of carbonyl (C=O) groups is 2. The predicted octanol–water partition coefficient (Wildman–Crippen LogP) is 2.19. The van der Waals surface area contributed by atoms with Gasteiger partial charge in [0.1, 0.15) is 5.75 Å². The number of anilines is 1. The van der Waals surface area contributed by atoms with Crippen LogP contribution in [0, 0.1) is 0 Å². The van der Waals surface area contributed by atoms with Crippen LogP contribution >= 0.6 is 0 Å². The molecule has 5 nitrogen and oxygen atoms in total. The summed E-state index contributed by atoms with van der Waals surface area (Å²) in [5.41, 5.74) is 5.90. The number of rotatable bonds is 5. The number of amides is 2. The molecule has 0 saturated heterocycles. The van der Waals surface area contributed by atoms with E-state index >= 15 is 0 Å². The van der Waals surface area contributed by atoms with Crippen molar-refractivity contribution >= 4 is 17.5 Å². The molecular weight excluding hydrogens is 268 g/mol. The van der Waals surface area contributed by atoms with Gasteiger partial charge >= 0.3 is 0 Å². The Labute approximate surface area is 122 Å². The highest BCUT2D eigenvalue weighted by molar-refractivity contribution is 6.03. The summed E-state index contributed by atoms with van der Waals surface area (Å²) in [6.07, 6.45) is -0.701. The van der Waals surface area contributed by atoms with Crippen molar-refractivity contribution in [2.24, 2.45) is 5.73 Å². The van der Waals surface area contributed by atoms with E-state index in [1.165, 1.54) is 0 Å². The molecule has 2 rings (SSSR count). The lowest BCUT2D eigenvalue weighted by Crippen LogP contribution is -2.31. The summed E-state index contributed by atoms with van der Waals surface area (Å²) in [5.74, 6) is -0.349. The summed E-state index contributed by atoms with van der Waals surface area (Å²) >= 11 is 0. The topological polar surface area (TPSA) is 81.4 Å². The first kappa shape index (κ1) is 14.6. The van der Waals surface area contributed by atoms with Gasteiger partial charge in [-0.2, -0.15) is 0 Å². The van der Waals surface area contributed by atoms with Gasteiger partial charge < -0.3 is 15.8 Å². The standard InChI is InChI=1S/C16H16N2O3/c1-11(21-12-7-3-2-4-8-12)16(20)18-14-10-6-5-9-13(14)15(17)19/h2-11H,1H3,(H2,17,19)(H,18,20)/t11-/m0/s1. The SMILES string of the molecule is C[C@H](Oc1ccccc1)C(=O)Nc1ccccc1C(N)=O. The lowest BCUT2D eigenvalue weighted by molar-refractivity contribution is -0.122. The zero-order chi connectivity index (χ0) is 15.2. The van der Waals surface area contributed by atoms with Crippen molar-refractivity contribution in [3.63, 3.8) is 0 Å². The van der Waals surface area contributed by atoms with Crippen LogP contribution in [0.25, 0.3) is 0 Å². The maximum atomic E-state index is 12.1. The number of hydrogen-bond donors (Lipinski definition) is 2. The van der Waals surface area contributed by atoms with Crippen molar-refractivity contribution in [1.82, 2.24) is 0 Å². The lowest BCUT2D eigenvalue weighted by atomic mass is 10.1. The molecule has 0 unspecified atom stereocenters. The van der Waals surface area contributed by atoms with Crippen molar-refractivity contribution < 1.29 is 14.3 Å². The van der Waals surface area contributed by atoms with E-state index in [0.29, 0.717) is 11.4 Å². The quantitative estimate of drug-likeness (QED) is 0.883. The van der Waals surface area contributed by atoms with Crippen LogP contribution in [-0.2, 0) is 4.79 Å². The number of para-hydroxylation sites is 2. The van der Waals surface area contributed by atoms with E-state index in [-0.39, 0.29) is 11.5 Å². The molecule has 21 heavy (non-hydrogen) atoms. The first-order valence-corrected chi connectivity index (χ1v) is 6.49. The summed E-state index contributed by atoms with van der Waals surface area (Å²) in [5, 5.41) is 2.65. The highest BCUT2D eigenvalue weighted by atomic mass is 16.5. The zero-order valence-electron chi connectivity index (χ0n) is 11.6. The molecule has 3 N–H and O–H groups in total. The van der Waals surface area contributed by atoms with Gasteiger partial charge in [-0.3, -0.25) is 9.59 Å². The number of hydrogen-bond acceptors (Lipinski definition) is 3. The van der Waals surface area contributed by atoms with Crippen molar-refractivity contribution in [2.75, 3.05) is 5.32 Å². The molecule has 1 atom stereocenters. The van der Waals surface area contributed by atoms with Gasteiger partial charge in [-0.25, -0.2) is 0 Å². The van der Waals surface area contributed by atoms with Crippen molar-refractivity contribution in [1.29, 1.82) is 0 Å². The smallest absolute Gasteiger partial charge is 0.265 e. The van der Waals surface area contributed by atoms with Crippen LogP contribution in [0.2, 0.25) is 0 Å². The van der Waals surface area contributed by atoms with Crippen LogP contribution in [0.3, 0.4) is 0 Å². The number of nitrogens with two attached hydrogens (primary N) is 1. The lowest BCUT2D eigenvalue weighted by Gasteiger charge is -2.15. The third-order valence-electron chi connectivity index (χ3n) is 2.88. The van der Waals surface area contributed by atoms with Crippen LogP contribution in [0.15, 0.2) is 54.6 Å². The summed E-state index contributed by atoms with van der Waals surface area (Å²) in [6.45, 7) is 1.63. The fraction of sp³-hybridized carbons (Fsp3) is 0.125. The van der Waals surface area contributed by atoms with Crippen molar-refractivity contribution in [3.05, 3.63) is 60.2 Å². The van der Waals surface area contributed by atoms with Gasteiger partial charge in [0.15, 0.2) is 6.10 Å². The van der Waals surface area contributed by atoms with E-state index < -0.39 is 12.0 Å². The Balaban J connectivity index is 2.06. The molecule has 0 aliphatic heterocycles. The maximum Gasteiger partial charge on any atom is 0.265 e. The minimum absolute atomic E-state index is 0.262. The third kappa shape index (κ3) is 3.82. The summed E-state index contributed by atoms with van der Waals surface area (Å²) in [6, 6.07) is 15.6. The Kier molecular flexibility index (Phi) is 4.56. The zero-order valence-corrected chi connectivity index (χ0v) is 11.6. The van der Waals surface area contributed by atoms with Crippen LogP contribution in [0.5, 0.6) is 5.75 Å². The summed E-state index contributed by atoms with van der Waals surface area (Å²) < 4.78 is 5.52. The van der Waals surface area contributed by atoms with E-state index in [0.717, 1.165) is 0 Å². The van der Waals surface area contributed by atoms with E-state index in [9.17, 15) is 9.59 Å². The number of primary amides is 1. The van der Waals surface area contributed by atoms with Crippen molar-refractivity contribution in [3.8, 4) is 5.75 Å². The molecule has 0 radical (unpaired) electrons. The second-order valence-corrected chi connectivity index (χ2v) is 4.47. The van der Waals surface area contributed by atoms with Crippen LogP contribution in [0.1, 0.15) is 17.3 Å². The second-order valence-electron chi connectivity index (χ2n) is 4.47. The average Bonchev–Trinajstić information content (AvgIpc) is 2.48. The minimum Gasteiger partial charge on any atom is -0.481 e. The Morgan fingerprint density at radius 2 is 1.67 bits per heavy atom. The molecule has 2 aromatic rings. The van der Waals surface area contributed by atoms with Gasteiger partial charge in [0, 0.05) is 0 Å². The maximum absolute atomic E-state index is 12.1. The Morgan fingerprint density at radius 3 is 2.33 bits per heavy atom. The number of ether oxygens (including phenoxy) is 1. The molecule has 2 amide bonds. The molecule has 0 aromatic heterocycles. The molecular formula is C16H16N2O3. The Hall–Kier alpha value is -2.82. The van der Waals surface area contributed by atoms with Gasteiger partial charge in [0.05, 0.1) is 11.3 Å². The predicted molar refractivity (Wildman–Crippen MR) is 80.1 cm³/mol. The first-order valence-electron chi connectivity index (χ1n) is 6.49. The van der Waals surface area contributed by atoms with Gasteiger partial charge in [-0.1, -0.05) is 30.3 Å². The fourth-order valence-electron chi connectivity index (χ4n) is 1.80. The Morgan fingerprint density at radius 1 is 1.05 bits per heavy atom. The molecule has 108 valence electrons. The Bertz CT molecular complexity index is 641. The highest BCUT2D eigenvalue weighted by Crippen LogP contribution is 2.16. The van der Waals surface area contributed by atoms with Crippen LogP contribution in [0.4, 0.5) is 5.69 Å². The van der Waals surface area contributed by atoms with Gasteiger partial charge in [0.2, 0.25) is 0 Å². The summed E-state index contributed by atoms with van der Waals surface area (Å²) in [7, 11) is 0. The molecule has 0 aliphatic rings. The molecule has 0 bridgehead atoms. The molecule has 0 heterocycles. The number of benzene rings is 2. The van der Waals surface area contributed by atoms with Gasteiger partial charge in [-0.05, 0) is 31.2 Å². The monoisotopic (exact) mass is 284 g/mol. The number of nitrogens with one attached hydrogen (secondary N) is 1. The van der Waals surface area contributed by atoms with E-state index in [1.54, 1.807) is 43.3 Å². The summed E-state index contributed by atoms with van der Waals surface area (Å²) in [4.78, 5) is 23.4. The molecule has 0 spiro atoms. The average molecular weight is 284 g/mol. The van der Waals surface area contributed by atoms with Gasteiger partial charge in [-0.15, -0.1) is 0 Å². The van der Waals surface area contributed by atoms with Gasteiger partial charge in [0.25, 0.3) is 11.8 Å². The molecule has 2 aromatic carbocycles. The number of carbonyl (C=O) groups excluding carboxylic acids is 2. The van der Waals surface area contributed by atoms with E-state index in [4.69, 9.17) is 10.5 Å². The van der Waals surface area contributed by atoms with E-state index in [1.807, 2.05) is 18.2 Å². The van der Waals surface area contributed by atoms with Crippen LogP contribution < -0.4 is 15.8 Å². The molecule has 0 fully saturated rings. The molecule has 0 aliphatic carbocycles. The molecule has 0 saturated carbocycles. The fourth-order valence-corrected chi connectivity index (χ4v) is 1.80. The third-order valence-corrected chi connectivity index (χ3v) is 2.88. The second kappa shape index (κ2) is 6.56. The molecule has 5 heteroatoms.